The van der Waals surface area contributed by atoms with E-state index < -0.39 is 0 Å². The standard InChI is InChI=1S/C11H11ClN4OS/c1-2-18-11-14-10(15-16-11)13-9(17)7-3-5-8(12)6-4-7/h3-6H,2H2,1H3,(H2,13,14,15,16,17). The summed E-state index contributed by atoms with van der Waals surface area (Å²) in [6, 6.07) is 6.62. The minimum Gasteiger partial charge on any atom is -0.291 e. The molecule has 0 aliphatic rings. The fraction of sp³-hybridized carbons (Fsp3) is 0.182. The van der Waals surface area contributed by atoms with E-state index >= 15 is 0 Å². The van der Waals surface area contributed by atoms with Crippen LogP contribution in [0, 0.1) is 0 Å². The second kappa shape index (κ2) is 5.88. The molecule has 1 amide bonds. The topological polar surface area (TPSA) is 70.7 Å². The maximum Gasteiger partial charge on any atom is 0.258 e. The highest BCUT2D eigenvalue weighted by atomic mass is 35.5. The van der Waals surface area contributed by atoms with E-state index in [2.05, 4.69) is 20.5 Å². The molecule has 1 aromatic heterocycles. The van der Waals surface area contributed by atoms with E-state index in [1.165, 1.54) is 11.8 Å². The Morgan fingerprint density at radius 1 is 1.44 bits per heavy atom. The van der Waals surface area contributed by atoms with Crippen LogP contribution in [-0.2, 0) is 0 Å². The van der Waals surface area contributed by atoms with Crippen molar-refractivity contribution in [1.29, 1.82) is 0 Å². The van der Waals surface area contributed by atoms with Crippen LogP contribution in [0.1, 0.15) is 17.3 Å². The lowest BCUT2D eigenvalue weighted by atomic mass is 10.2. The average Bonchev–Trinajstić information content (AvgIpc) is 2.78. The van der Waals surface area contributed by atoms with Gasteiger partial charge >= 0.3 is 0 Å². The number of hydrogen-bond donors (Lipinski definition) is 2. The van der Waals surface area contributed by atoms with Gasteiger partial charge in [0, 0.05) is 10.6 Å². The van der Waals surface area contributed by atoms with Crippen LogP contribution in [0.25, 0.3) is 0 Å². The van der Waals surface area contributed by atoms with Gasteiger partial charge in [-0.05, 0) is 30.0 Å². The van der Waals surface area contributed by atoms with Crippen molar-refractivity contribution < 1.29 is 4.79 Å². The summed E-state index contributed by atoms with van der Waals surface area (Å²) in [5.41, 5.74) is 0.514. The van der Waals surface area contributed by atoms with Gasteiger partial charge in [-0.2, -0.15) is 4.98 Å². The van der Waals surface area contributed by atoms with E-state index in [-0.39, 0.29) is 5.91 Å². The van der Waals surface area contributed by atoms with E-state index in [0.29, 0.717) is 21.7 Å². The molecule has 94 valence electrons. The fourth-order valence-corrected chi connectivity index (χ4v) is 1.93. The predicted octanol–water partition coefficient (Wildman–Crippen LogP) is 2.82. The zero-order chi connectivity index (χ0) is 13.0. The van der Waals surface area contributed by atoms with Gasteiger partial charge < -0.3 is 0 Å². The predicted molar refractivity (Wildman–Crippen MR) is 72.2 cm³/mol. The second-order valence-corrected chi connectivity index (χ2v) is 5.03. The van der Waals surface area contributed by atoms with Crippen LogP contribution < -0.4 is 5.32 Å². The van der Waals surface area contributed by atoms with Crippen LogP contribution in [0.3, 0.4) is 0 Å². The SMILES string of the molecule is CCSc1n[nH]c(NC(=O)c2ccc(Cl)cc2)n1. The lowest BCUT2D eigenvalue weighted by Gasteiger charge is -2.00. The van der Waals surface area contributed by atoms with Gasteiger partial charge in [0.25, 0.3) is 5.91 Å². The number of carbonyl (C=O) groups excluding carboxylic acids is 1. The maximum absolute atomic E-state index is 11.8. The number of hydrogen-bond acceptors (Lipinski definition) is 4. The monoisotopic (exact) mass is 282 g/mol. The summed E-state index contributed by atoms with van der Waals surface area (Å²) in [6.45, 7) is 2.01. The maximum atomic E-state index is 11.8. The third kappa shape index (κ3) is 3.24. The Morgan fingerprint density at radius 2 is 2.17 bits per heavy atom. The summed E-state index contributed by atoms with van der Waals surface area (Å²) < 4.78 is 0. The highest BCUT2D eigenvalue weighted by Crippen LogP contribution is 2.14. The first kappa shape index (κ1) is 12.9. The number of aromatic amines is 1. The van der Waals surface area contributed by atoms with E-state index in [4.69, 9.17) is 11.6 Å². The number of carbonyl (C=O) groups is 1. The average molecular weight is 283 g/mol. The van der Waals surface area contributed by atoms with Crippen molar-refractivity contribution in [1.82, 2.24) is 15.2 Å². The lowest BCUT2D eigenvalue weighted by Crippen LogP contribution is -2.12. The van der Waals surface area contributed by atoms with Crippen molar-refractivity contribution in [3.05, 3.63) is 34.9 Å². The molecule has 0 aliphatic carbocycles. The second-order valence-electron chi connectivity index (χ2n) is 3.36. The molecule has 7 heteroatoms. The largest absolute Gasteiger partial charge is 0.291 e. The molecule has 0 spiro atoms. The normalized spacial score (nSPS) is 10.3. The van der Waals surface area contributed by atoms with Crippen molar-refractivity contribution in [2.75, 3.05) is 11.1 Å². The van der Waals surface area contributed by atoms with Gasteiger partial charge in [-0.15, -0.1) is 5.10 Å². The van der Waals surface area contributed by atoms with Crippen molar-refractivity contribution in [3.63, 3.8) is 0 Å². The van der Waals surface area contributed by atoms with Crippen LogP contribution >= 0.6 is 23.4 Å². The smallest absolute Gasteiger partial charge is 0.258 e. The summed E-state index contributed by atoms with van der Waals surface area (Å²) in [4.78, 5) is 16.0. The van der Waals surface area contributed by atoms with Crippen molar-refractivity contribution >= 4 is 35.2 Å². The molecule has 0 unspecified atom stereocenters. The number of thioether (sulfide) groups is 1. The summed E-state index contributed by atoms with van der Waals surface area (Å²) in [5, 5.41) is 10.5. The Hall–Kier alpha value is -1.53. The number of benzene rings is 1. The van der Waals surface area contributed by atoms with Gasteiger partial charge in [-0.3, -0.25) is 10.1 Å². The summed E-state index contributed by atoms with van der Waals surface area (Å²) in [7, 11) is 0. The molecule has 18 heavy (non-hydrogen) atoms. The molecule has 0 fully saturated rings. The van der Waals surface area contributed by atoms with E-state index in [9.17, 15) is 4.79 Å². The number of anilines is 1. The fourth-order valence-electron chi connectivity index (χ4n) is 1.28. The number of nitrogens with one attached hydrogen (secondary N) is 2. The molecule has 2 rings (SSSR count). The number of rotatable bonds is 4. The number of halogens is 1. The Kier molecular flexibility index (Phi) is 4.22. The molecule has 0 bridgehead atoms. The number of nitrogens with zero attached hydrogens (tertiary/aromatic N) is 2. The van der Waals surface area contributed by atoms with E-state index in [1.54, 1.807) is 24.3 Å². The molecule has 0 atom stereocenters. The van der Waals surface area contributed by atoms with Gasteiger partial charge in [0.15, 0.2) is 0 Å². The minimum atomic E-state index is -0.254. The van der Waals surface area contributed by atoms with Crippen LogP contribution in [0.5, 0.6) is 0 Å². The Labute approximate surface area is 113 Å². The molecule has 0 saturated heterocycles. The Balaban J connectivity index is 2.04. The van der Waals surface area contributed by atoms with Gasteiger partial charge in [0.2, 0.25) is 11.1 Å². The summed E-state index contributed by atoms with van der Waals surface area (Å²) >= 11 is 7.25. The molecule has 5 nitrogen and oxygen atoms in total. The molecule has 0 saturated carbocycles. The third-order valence-electron chi connectivity index (χ3n) is 2.08. The quantitative estimate of drug-likeness (QED) is 0.846. The molecular weight excluding hydrogens is 272 g/mol. The van der Waals surface area contributed by atoms with Crippen LogP contribution in [-0.4, -0.2) is 26.8 Å². The van der Waals surface area contributed by atoms with Crippen LogP contribution in [0.4, 0.5) is 5.95 Å². The Morgan fingerprint density at radius 3 is 2.83 bits per heavy atom. The highest BCUT2D eigenvalue weighted by Gasteiger charge is 2.09. The van der Waals surface area contributed by atoms with Crippen LogP contribution in [0.15, 0.2) is 29.4 Å². The van der Waals surface area contributed by atoms with Gasteiger partial charge in [-0.1, -0.05) is 30.3 Å². The Bertz CT molecular complexity index is 540. The molecule has 1 heterocycles. The van der Waals surface area contributed by atoms with E-state index in [1.807, 2.05) is 6.92 Å². The van der Waals surface area contributed by atoms with Crippen molar-refractivity contribution in [2.24, 2.45) is 0 Å². The first-order chi connectivity index (χ1) is 8.69. The lowest BCUT2D eigenvalue weighted by molar-refractivity contribution is 0.102. The molecule has 2 N–H and O–H groups in total. The van der Waals surface area contributed by atoms with Crippen LogP contribution in [0.2, 0.25) is 5.02 Å². The number of amides is 1. The zero-order valence-electron chi connectivity index (χ0n) is 9.61. The molecule has 1 aromatic carbocycles. The van der Waals surface area contributed by atoms with E-state index in [0.717, 1.165) is 5.75 Å². The summed E-state index contributed by atoms with van der Waals surface area (Å²) in [6.07, 6.45) is 0. The first-order valence-electron chi connectivity index (χ1n) is 5.31. The zero-order valence-corrected chi connectivity index (χ0v) is 11.2. The number of H-pyrrole nitrogens is 1. The molecule has 2 aromatic rings. The minimum absolute atomic E-state index is 0.254. The molecular formula is C11H11ClN4OS. The first-order valence-corrected chi connectivity index (χ1v) is 6.67. The number of aromatic nitrogens is 3. The van der Waals surface area contributed by atoms with Crippen molar-refractivity contribution in [3.8, 4) is 0 Å². The van der Waals surface area contributed by atoms with Gasteiger partial charge in [0.05, 0.1) is 0 Å². The third-order valence-corrected chi connectivity index (χ3v) is 3.06. The molecule has 0 aliphatic heterocycles. The molecule has 0 radical (unpaired) electrons. The van der Waals surface area contributed by atoms with Gasteiger partial charge in [-0.25, -0.2) is 5.10 Å². The van der Waals surface area contributed by atoms with Crippen molar-refractivity contribution in [2.45, 2.75) is 12.1 Å². The van der Waals surface area contributed by atoms with Gasteiger partial charge in [0.1, 0.15) is 0 Å². The highest BCUT2D eigenvalue weighted by molar-refractivity contribution is 7.99. The summed E-state index contributed by atoms with van der Waals surface area (Å²) in [5.74, 6) is 0.962.